The number of fused-ring (bicyclic) bond motifs is 3. The second kappa shape index (κ2) is 13.9. The van der Waals surface area contributed by atoms with Gasteiger partial charge in [-0.2, -0.15) is 0 Å². The zero-order valence-corrected chi connectivity index (χ0v) is 35.1. The van der Waals surface area contributed by atoms with Gasteiger partial charge in [-0.1, -0.05) is 57.9 Å². The molecule has 1 aliphatic heterocycles. The topological polar surface area (TPSA) is 166 Å². The Bertz CT molecular complexity index is 1720. The van der Waals surface area contributed by atoms with Crippen LogP contribution >= 0.6 is 0 Å². The monoisotopic (exact) mass is 806 g/mol. The SMILES string of the molecule is COCCCNCC1=C[C@@H]2C[C@@]3(O)[C@]4(CCCC[C@@]15OC(=O)C=C5[C@@H]24)CC[C@H]1[C@@]3(O)[C@H](O)[C@H]2C[C@H]([C@@H](C)C3CCCC3)CC[C@H]3[C@@H](O)C4(CCCC4)C[C@@]1(C=O)[C@]23O. The lowest BCUT2D eigenvalue weighted by molar-refractivity contribution is -0.384. The molecule has 0 saturated heterocycles. The molecule has 9 aliphatic carbocycles. The predicted molar refractivity (Wildman–Crippen MR) is 216 cm³/mol. The molecule has 58 heavy (non-hydrogen) atoms. The summed E-state index contributed by atoms with van der Waals surface area (Å²) in [6.07, 6.45) is 17.6. The smallest absolute Gasteiger partial charge is 0.332 e. The van der Waals surface area contributed by atoms with E-state index in [0.29, 0.717) is 63.5 Å². The summed E-state index contributed by atoms with van der Waals surface area (Å²) in [5.41, 5.74) is -7.59. The van der Waals surface area contributed by atoms with Crippen LogP contribution in [-0.4, -0.2) is 99.2 Å². The lowest BCUT2D eigenvalue weighted by atomic mass is 9.33. The van der Waals surface area contributed by atoms with Crippen molar-refractivity contribution in [3.63, 3.8) is 0 Å². The molecule has 0 radical (unpaired) electrons. The van der Waals surface area contributed by atoms with Crippen LogP contribution in [0.4, 0.5) is 0 Å². The Balaban J connectivity index is 1.13. The first-order chi connectivity index (χ1) is 27.8. The maximum absolute atomic E-state index is 14.5. The number of ether oxygens (including phenoxy) is 2. The van der Waals surface area contributed by atoms with Crippen LogP contribution in [0.2, 0.25) is 0 Å². The minimum atomic E-state index is -2.11. The van der Waals surface area contributed by atoms with Gasteiger partial charge in [0.25, 0.3) is 0 Å². The maximum Gasteiger partial charge on any atom is 0.332 e. The Morgan fingerprint density at radius 1 is 0.897 bits per heavy atom. The van der Waals surface area contributed by atoms with E-state index < -0.39 is 68.6 Å². The van der Waals surface area contributed by atoms with E-state index >= 15 is 0 Å². The molecular weight excluding hydrogens is 735 g/mol. The van der Waals surface area contributed by atoms with Crippen LogP contribution < -0.4 is 5.32 Å². The number of esters is 1. The fourth-order valence-electron chi connectivity index (χ4n) is 17.9. The van der Waals surface area contributed by atoms with Crippen LogP contribution in [0.3, 0.4) is 0 Å². The number of hydrogen-bond acceptors (Lipinski definition) is 10. The van der Waals surface area contributed by atoms with Crippen LogP contribution in [-0.2, 0) is 19.1 Å². The van der Waals surface area contributed by atoms with Crippen molar-refractivity contribution in [2.45, 2.75) is 170 Å². The highest BCUT2D eigenvalue weighted by molar-refractivity contribution is 5.88. The average molecular weight is 806 g/mol. The lowest BCUT2D eigenvalue weighted by Gasteiger charge is -2.74. The normalized spacial score (nSPS) is 50.6. The van der Waals surface area contributed by atoms with Crippen molar-refractivity contribution in [3.8, 4) is 0 Å². The molecule has 0 aromatic carbocycles. The summed E-state index contributed by atoms with van der Waals surface area (Å²) >= 11 is 0. The first-order valence-corrected chi connectivity index (χ1v) is 23.7. The number of hydrogen-bond donors (Lipinski definition) is 6. The number of allylic oxidation sites excluding steroid dienone is 1. The number of aldehydes is 1. The van der Waals surface area contributed by atoms with Crippen molar-refractivity contribution in [3.05, 3.63) is 23.3 Å². The Morgan fingerprint density at radius 3 is 2.38 bits per heavy atom. The van der Waals surface area contributed by atoms with E-state index in [1.54, 1.807) is 13.2 Å². The number of aliphatic hydroxyl groups is 5. The van der Waals surface area contributed by atoms with Gasteiger partial charge in [0, 0.05) is 49.5 Å². The van der Waals surface area contributed by atoms with Gasteiger partial charge >= 0.3 is 5.97 Å². The predicted octanol–water partition coefficient (Wildman–Crippen LogP) is 5.32. The van der Waals surface area contributed by atoms with E-state index in [0.717, 1.165) is 75.3 Å². The van der Waals surface area contributed by atoms with E-state index in [-0.39, 0.29) is 36.6 Å². The van der Waals surface area contributed by atoms with Crippen molar-refractivity contribution < 1.29 is 44.6 Å². The third-order valence-corrected chi connectivity index (χ3v) is 20.2. The molecule has 1 heterocycles. The quantitative estimate of drug-likeness (QED) is 0.0778. The molecule has 2 bridgehead atoms. The van der Waals surface area contributed by atoms with E-state index in [1.165, 1.54) is 25.7 Å². The van der Waals surface area contributed by atoms with Gasteiger partial charge in [-0.3, -0.25) is 0 Å². The molecule has 322 valence electrons. The van der Waals surface area contributed by atoms with Gasteiger partial charge in [0.1, 0.15) is 17.5 Å². The Morgan fingerprint density at radius 2 is 1.64 bits per heavy atom. The van der Waals surface area contributed by atoms with Crippen LogP contribution in [0.25, 0.3) is 0 Å². The lowest BCUT2D eigenvalue weighted by Crippen LogP contribution is -2.86. The summed E-state index contributed by atoms with van der Waals surface area (Å²) in [6, 6.07) is 0. The van der Waals surface area contributed by atoms with Gasteiger partial charge in [0.2, 0.25) is 0 Å². The molecule has 0 aromatic heterocycles. The second-order valence-electron chi connectivity index (χ2n) is 21.9. The van der Waals surface area contributed by atoms with Crippen LogP contribution in [0, 0.1) is 63.6 Å². The summed E-state index contributed by atoms with van der Waals surface area (Å²) in [5, 5.41) is 71.7. The Hall–Kier alpha value is -1.66. The standard InChI is InChI=1S/C48H71NO9/c1-29(30-10-3-4-11-30)31-12-13-34-40(52)42(15-5-6-16-42)27-44(28-50)37-14-19-43-17-7-8-18-45-33(26-49-20-9-21-57-2)22-32(39(43)35(45)24-38(51)58-45)25-46(43,54)48(37,56)41(53)36(23-31)47(34,44)55/h22,24,28-32,34,36-37,39-41,49,52-56H,3-21,23,25-27H2,1-2H3/t29-,31+,32+,34-,36+,37+,39+,40+,41+,43+,44-,45+,46+,47+,48+/m0/s1. The highest BCUT2D eigenvalue weighted by atomic mass is 16.6. The van der Waals surface area contributed by atoms with Gasteiger partial charge < -0.3 is 45.1 Å². The third kappa shape index (κ3) is 4.92. The summed E-state index contributed by atoms with van der Waals surface area (Å²) in [4.78, 5) is 28.0. The van der Waals surface area contributed by atoms with Crippen molar-refractivity contribution in [1.29, 1.82) is 0 Å². The van der Waals surface area contributed by atoms with Crippen LogP contribution in [0.15, 0.2) is 23.3 Å². The number of carbonyl (C=O) groups excluding carboxylic acids is 2. The van der Waals surface area contributed by atoms with E-state index in [1.807, 2.05) is 0 Å². The maximum atomic E-state index is 14.5. The fraction of sp³-hybridized carbons (Fsp3) is 0.875. The molecule has 0 amide bonds. The first kappa shape index (κ1) is 40.4. The molecule has 10 nitrogen and oxygen atoms in total. The van der Waals surface area contributed by atoms with Gasteiger partial charge in [-0.15, -0.1) is 0 Å². The van der Waals surface area contributed by atoms with Crippen LogP contribution in [0.1, 0.15) is 135 Å². The molecule has 8 saturated carbocycles. The molecule has 6 N–H and O–H groups in total. The van der Waals surface area contributed by atoms with Crippen molar-refractivity contribution in [2.75, 3.05) is 26.8 Å². The number of rotatable bonds is 9. The highest BCUT2D eigenvalue weighted by Crippen LogP contribution is 2.79. The van der Waals surface area contributed by atoms with Gasteiger partial charge in [-0.05, 0) is 136 Å². The number of methoxy groups -OCH3 is 1. The zero-order chi connectivity index (χ0) is 40.5. The average Bonchev–Trinajstić information content (AvgIpc) is 3.99. The third-order valence-electron chi connectivity index (χ3n) is 20.2. The molecule has 10 aliphatic rings. The molecular formula is C48H71NO9. The molecule has 10 rings (SSSR count). The zero-order valence-electron chi connectivity index (χ0n) is 35.1. The van der Waals surface area contributed by atoms with E-state index in [2.05, 4.69) is 18.3 Å². The molecule has 8 fully saturated rings. The first-order valence-electron chi connectivity index (χ1n) is 23.7. The molecule has 0 unspecified atom stereocenters. The molecule has 2 spiro atoms. The van der Waals surface area contributed by atoms with Gasteiger partial charge in [-0.25, -0.2) is 4.79 Å². The number of aliphatic hydroxyl groups excluding tert-OH is 2. The van der Waals surface area contributed by atoms with Crippen LogP contribution in [0.5, 0.6) is 0 Å². The highest BCUT2D eigenvalue weighted by Gasteiger charge is 2.86. The Kier molecular flexibility index (Phi) is 9.70. The minimum Gasteiger partial charge on any atom is -0.447 e. The summed E-state index contributed by atoms with van der Waals surface area (Å²) < 4.78 is 11.7. The molecule has 10 heteroatoms. The summed E-state index contributed by atoms with van der Waals surface area (Å²) in [6.45, 7) is 4.22. The largest absolute Gasteiger partial charge is 0.447 e. The molecule has 15 atom stereocenters. The van der Waals surface area contributed by atoms with E-state index in [9.17, 15) is 35.1 Å². The van der Waals surface area contributed by atoms with Gasteiger partial charge in [0.15, 0.2) is 5.60 Å². The molecule has 0 aromatic rings. The van der Waals surface area contributed by atoms with E-state index in [4.69, 9.17) is 9.47 Å². The second-order valence-corrected chi connectivity index (χ2v) is 21.9. The summed E-state index contributed by atoms with van der Waals surface area (Å²) in [7, 11) is 1.69. The van der Waals surface area contributed by atoms with Crippen molar-refractivity contribution >= 4 is 12.3 Å². The summed E-state index contributed by atoms with van der Waals surface area (Å²) in [5.74, 6) is -2.25. The fourth-order valence-corrected chi connectivity index (χ4v) is 17.9. The minimum absolute atomic E-state index is 0.141. The number of carbonyl (C=O) groups is 2. The van der Waals surface area contributed by atoms with Crippen molar-refractivity contribution in [1.82, 2.24) is 5.32 Å². The van der Waals surface area contributed by atoms with Gasteiger partial charge in [0.05, 0.1) is 23.2 Å². The number of nitrogens with one attached hydrogen (secondary N) is 1. The van der Waals surface area contributed by atoms with Crippen molar-refractivity contribution in [2.24, 2.45) is 63.6 Å². The Labute approximate surface area is 345 Å².